The Morgan fingerprint density at radius 3 is 1.68 bits per heavy atom. The Balaban J connectivity index is 2.35. The molecule has 2 fully saturated rings. The summed E-state index contributed by atoms with van der Waals surface area (Å²) in [7, 11) is 0. The average molecular weight is 370 g/mol. The summed E-state index contributed by atoms with van der Waals surface area (Å²) in [6.07, 6.45) is -11.3. The molecule has 11 heteroatoms. The van der Waals surface area contributed by atoms with Crippen LogP contribution in [0.3, 0.4) is 0 Å². The fourth-order valence-electron chi connectivity index (χ4n) is 3.20. The molecule has 1 unspecified atom stereocenters. The van der Waals surface area contributed by atoms with Gasteiger partial charge in [-0.2, -0.15) is 0 Å². The zero-order chi connectivity index (χ0) is 19.0. The van der Waals surface area contributed by atoms with Crippen LogP contribution in [-0.2, 0) is 14.2 Å². The molecule has 11 nitrogen and oxygen atoms in total. The predicted octanol–water partition coefficient (Wildman–Crippen LogP) is -4.62. The molecule has 25 heavy (non-hydrogen) atoms. The Morgan fingerprint density at radius 1 is 0.760 bits per heavy atom. The number of ether oxygens (including phenoxy) is 3. The van der Waals surface area contributed by atoms with Crippen LogP contribution in [0.25, 0.3) is 0 Å². The van der Waals surface area contributed by atoms with Crippen molar-refractivity contribution >= 4 is 0 Å². The maximum absolute atomic E-state index is 10.3. The van der Waals surface area contributed by atoms with Gasteiger partial charge in [0.05, 0.1) is 13.2 Å². The van der Waals surface area contributed by atoms with Crippen molar-refractivity contribution < 1.29 is 55.1 Å². The Bertz CT molecular complexity index is 448. The molecule has 0 aromatic heterocycles. The molecule has 2 aliphatic heterocycles. The third kappa shape index (κ3) is 3.31. The van der Waals surface area contributed by atoms with Crippen molar-refractivity contribution in [1.82, 2.24) is 0 Å². The van der Waals surface area contributed by atoms with E-state index in [1.54, 1.807) is 0 Å². The standard InChI is InChI=1S/C14H26O11/c1-2-13(12(22)10(20)8(18)6(3-15)23-13)25-14(5-17)11(21)9(19)7(4-16)24-14/h6-12,15-22H,2-5H2,1H3/t6-,7-,8-,9-,10+,11+,12-,13+,14?/m1/s1. The van der Waals surface area contributed by atoms with Gasteiger partial charge in [0, 0.05) is 6.42 Å². The van der Waals surface area contributed by atoms with Crippen LogP contribution >= 0.6 is 0 Å². The molecule has 0 aliphatic carbocycles. The van der Waals surface area contributed by atoms with Gasteiger partial charge in [-0.3, -0.25) is 0 Å². The highest BCUT2D eigenvalue weighted by atomic mass is 16.8. The first-order valence-corrected chi connectivity index (χ1v) is 8.00. The van der Waals surface area contributed by atoms with E-state index in [1.807, 2.05) is 0 Å². The Labute approximate surface area is 143 Å². The summed E-state index contributed by atoms with van der Waals surface area (Å²) < 4.78 is 16.2. The van der Waals surface area contributed by atoms with Gasteiger partial charge >= 0.3 is 0 Å². The van der Waals surface area contributed by atoms with Crippen molar-refractivity contribution in [1.29, 1.82) is 0 Å². The van der Waals surface area contributed by atoms with E-state index in [9.17, 15) is 40.9 Å². The minimum Gasteiger partial charge on any atom is -0.394 e. The summed E-state index contributed by atoms with van der Waals surface area (Å²) in [6.45, 7) is -0.851. The number of hydrogen-bond acceptors (Lipinski definition) is 11. The Morgan fingerprint density at radius 2 is 1.24 bits per heavy atom. The largest absolute Gasteiger partial charge is 0.394 e. The van der Waals surface area contributed by atoms with E-state index in [4.69, 9.17) is 14.2 Å². The topological polar surface area (TPSA) is 190 Å². The van der Waals surface area contributed by atoms with Gasteiger partial charge in [0.2, 0.25) is 11.6 Å². The monoisotopic (exact) mass is 370 g/mol. The van der Waals surface area contributed by atoms with E-state index in [0.717, 1.165) is 0 Å². The first-order chi connectivity index (χ1) is 11.7. The van der Waals surface area contributed by atoms with Gasteiger partial charge in [0.1, 0.15) is 49.3 Å². The molecule has 0 radical (unpaired) electrons. The van der Waals surface area contributed by atoms with Gasteiger partial charge in [0.15, 0.2) is 0 Å². The van der Waals surface area contributed by atoms with Crippen LogP contribution in [0.1, 0.15) is 13.3 Å². The molecule has 2 heterocycles. The van der Waals surface area contributed by atoms with Gasteiger partial charge < -0.3 is 55.1 Å². The maximum atomic E-state index is 10.3. The molecule has 0 saturated carbocycles. The van der Waals surface area contributed by atoms with Crippen LogP contribution in [0, 0.1) is 0 Å². The normalized spacial score (nSPS) is 51.0. The zero-order valence-corrected chi connectivity index (χ0v) is 13.7. The van der Waals surface area contributed by atoms with Gasteiger partial charge in [-0.05, 0) is 0 Å². The highest BCUT2D eigenvalue weighted by Gasteiger charge is 2.62. The number of rotatable bonds is 6. The molecule has 0 amide bonds. The van der Waals surface area contributed by atoms with Crippen LogP contribution in [-0.4, -0.2) is 115 Å². The van der Waals surface area contributed by atoms with E-state index in [0.29, 0.717) is 0 Å². The molecule has 2 aliphatic rings. The quantitative estimate of drug-likeness (QED) is 0.224. The van der Waals surface area contributed by atoms with Gasteiger partial charge in [-0.25, -0.2) is 0 Å². The summed E-state index contributed by atoms with van der Waals surface area (Å²) in [5.41, 5.74) is 0. The molecular formula is C14H26O11. The smallest absolute Gasteiger partial charge is 0.224 e. The van der Waals surface area contributed by atoms with Crippen LogP contribution in [0.5, 0.6) is 0 Å². The zero-order valence-electron chi connectivity index (χ0n) is 13.7. The lowest BCUT2D eigenvalue weighted by Gasteiger charge is -2.50. The van der Waals surface area contributed by atoms with Crippen molar-refractivity contribution in [3.05, 3.63) is 0 Å². The van der Waals surface area contributed by atoms with Crippen molar-refractivity contribution in [3.63, 3.8) is 0 Å². The minimum atomic E-state index is -2.26. The highest BCUT2D eigenvalue weighted by Crippen LogP contribution is 2.42. The number of hydrogen-bond donors (Lipinski definition) is 8. The first-order valence-electron chi connectivity index (χ1n) is 8.00. The van der Waals surface area contributed by atoms with Crippen LogP contribution < -0.4 is 0 Å². The lowest BCUT2D eigenvalue weighted by atomic mass is 9.90. The fourth-order valence-corrected chi connectivity index (χ4v) is 3.20. The summed E-state index contributed by atoms with van der Waals surface area (Å²) in [6, 6.07) is 0. The van der Waals surface area contributed by atoms with E-state index in [2.05, 4.69) is 0 Å². The lowest BCUT2D eigenvalue weighted by molar-refractivity contribution is -0.434. The van der Waals surface area contributed by atoms with Crippen LogP contribution in [0.2, 0.25) is 0 Å². The Hall–Kier alpha value is -0.440. The van der Waals surface area contributed by atoms with Gasteiger partial charge in [0.25, 0.3) is 0 Å². The van der Waals surface area contributed by atoms with Crippen molar-refractivity contribution in [2.24, 2.45) is 0 Å². The molecule has 0 aromatic rings. The summed E-state index contributed by atoms with van der Waals surface area (Å²) in [5, 5.41) is 78.5. The second-order valence-electron chi connectivity index (χ2n) is 6.28. The predicted molar refractivity (Wildman–Crippen MR) is 77.9 cm³/mol. The lowest BCUT2D eigenvalue weighted by Crippen LogP contribution is -2.69. The SMILES string of the molecule is CC[C@@]1(OC2(CO)O[C@H](CO)[C@@H](O)[C@@H]2O)O[C@H](CO)[C@@H](O)[C@H](O)[C@H]1O. The van der Waals surface area contributed by atoms with Gasteiger partial charge in [-0.15, -0.1) is 0 Å². The molecule has 0 spiro atoms. The molecule has 9 atom stereocenters. The molecular weight excluding hydrogens is 344 g/mol. The van der Waals surface area contributed by atoms with E-state index < -0.39 is 74.1 Å². The molecule has 148 valence electrons. The molecule has 2 rings (SSSR count). The third-order valence-corrected chi connectivity index (χ3v) is 4.78. The fraction of sp³-hybridized carbons (Fsp3) is 1.00. The summed E-state index contributed by atoms with van der Waals surface area (Å²) >= 11 is 0. The van der Waals surface area contributed by atoms with E-state index in [1.165, 1.54) is 6.92 Å². The van der Waals surface area contributed by atoms with Crippen LogP contribution in [0.4, 0.5) is 0 Å². The third-order valence-electron chi connectivity index (χ3n) is 4.78. The first kappa shape index (κ1) is 20.9. The Kier molecular flexibility index (Phi) is 6.40. The van der Waals surface area contributed by atoms with Gasteiger partial charge in [-0.1, -0.05) is 6.92 Å². The number of aliphatic hydroxyl groups is 8. The molecule has 0 aromatic carbocycles. The summed E-state index contributed by atoms with van der Waals surface area (Å²) in [5.74, 6) is -4.33. The molecule has 8 N–H and O–H groups in total. The van der Waals surface area contributed by atoms with E-state index in [-0.39, 0.29) is 6.42 Å². The van der Waals surface area contributed by atoms with E-state index >= 15 is 0 Å². The minimum absolute atomic E-state index is 0.133. The molecule has 2 saturated heterocycles. The maximum Gasteiger partial charge on any atom is 0.224 e. The van der Waals surface area contributed by atoms with Crippen molar-refractivity contribution in [2.45, 2.75) is 67.6 Å². The molecule has 0 bridgehead atoms. The van der Waals surface area contributed by atoms with Crippen LogP contribution in [0.15, 0.2) is 0 Å². The summed E-state index contributed by atoms with van der Waals surface area (Å²) in [4.78, 5) is 0. The second-order valence-corrected chi connectivity index (χ2v) is 6.28. The second kappa shape index (κ2) is 7.66. The number of aliphatic hydroxyl groups excluding tert-OH is 8. The average Bonchev–Trinajstić information content (AvgIpc) is 2.87. The van der Waals surface area contributed by atoms with Crippen molar-refractivity contribution in [3.8, 4) is 0 Å². The van der Waals surface area contributed by atoms with Crippen molar-refractivity contribution in [2.75, 3.05) is 19.8 Å². The highest BCUT2D eigenvalue weighted by molar-refractivity contribution is 5.02.